The summed E-state index contributed by atoms with van der Waals surface area (Å²) >= 11 is 0. The van der Waals surface area contributed by atoms with Crippen LogP contribution >= 0.6 is 0 Å². The Kier molecular flexibility index (Phi) is 6.98. The first kappa shape index (κ1) is 20.7. The van der Waals surface area contributed by atoms with Gasteiger partial charge in [-0.05, 0) is 51.4 Å². The Bertz CT molecular complexity index is 661. The fraction of sp³-hybridized carbons (Fsp3) is 0.684. The smallest absolute Gasteiger partial charge is 0.421 e. The number of hydrogen-bond acceptors (Lipinski definition) is 4. The predicted molar refractivity (Wildman–Crippen MR) is 101 cm³/mol. The summed E-state index contributed by atoms with van der Waals surface area (Å²) in [4.78, 5) is 13.0. The van der Waals surface area contributed by atoms with Crippen LogP contribution in [0, 0.1) is 0 Å². The van der Waals surface area contributed by atoms with Crippen molar-refractivity contribution in [1.29, 1.82) is 0 Å². The van der Waals surface area contributed by atoms with Gasteiger partial charge in [0.1, 0.15) is 12.2 Å². The van der Waals surface area contributed by atoms with Crippen LogP contribution in [0.2, 0.25) is 0 Å². The quantitative estimate of drug-likeness (QED) is 0.453. The largest absolute Gasteiger partial charge is 0.475 e. The van der Waals surface area contributed by atoms with Crippen molar-refractivity contribution in [1.82, 2.24) is 20.1 Å². The maximum atomic E-state index is 13.0. The second kappa shape index (κ2) is 9.45. The molecule has 1 unspecified atom stereocenters. The van der Waals surface area contributed by atoms with Crippen LogP contribution in [0.5, 0.6) is 5.88 Å². The molecule has 0 aromatic carbocycles. The summed E-state index contributed by atoms with van der Waals surface area (Å²) in [5.41, 5.74) is -0.862. The molecule has 6 nitrogen and oxygen atoms in total. The molecule has 156 valence electrons. The first-order valence-corrected chi connectivity index (χ1v) is 9.91. The minimum atomic E-state index is -4.48. The molecule has 3 heterocycles. The molecule has 0 aliphatic carbocycles. The van der Waals surface area contributed by atoms with Crippen LogP contribution in [0.4, 0.5) is 13.2 Å². The standard InChI is InChI=1S/C19H28F3N5O/c1-2-23-18(27-12-7-15(14-27)26-10-3-4-11-26)25-9-13-28-17-16(19(20,21)22)6-5-8-24-17/h5-6,8,15H,2-4,7,9-14H2,1H3,(H,23,25). The van der Waals surface area contributed by atoms with Crippen molar-refractivity contribution in [2.45, 2.75) is 38.4 Å². The zero-order valence-electron chi connectivity index (χ0n) is 16.2. The molecule has 2 saturated heterocycles. The van der Waals surface area contributed by atoms with E-state index in [1.54, 1.807) is 0 Å². The van der Waals surface area contributed by atoms with Gasteiger partial charge in [-0.1, -0.05) is 0 Å². The lowest BCUT2D eigenvalue weighted by molar-refractivity contribution is -0.139. The second-order valence-electron chi connectivity index (χ2n) is 7.07. The molecule has 0 amide bonds. The summed E-state index contributed by atoms with van der Waals surface area (Å²) < 4.78 is 44.2. The third kappa shape index (κ3) is 5.27. The molecule has 0 saturated carbocycles. The van der Waals surface area contributed by atoms with Crippen LogP contribution in [0.15, 0.2) is 23.3 Å². The zero-order valence-corrected chi connectivity index (χ0v) is 16.2. The van der Waals surface area contributed by atoms with Gasteiger partial charge in [-0.3, -0.25) is 4.90 Å². The number of halogens is 3. The SMILES string of the molecule is CCNC(=NCCOc1ncccc1C(F)(F)F)N1CCC(N2CCCC2)C1. The van der Waals surface area contributed by atoms with Crippen LogP contribution in [-0.2, 0) is 6.18 Å². The van der Waals surface area contributed by atoms with E-state index >= 15 is 0 Å². The second-order valence-corrected chi connectivity index (χ2v) is 7.07. The Morgan fingerprint density at radius 3 is 2.82 bits per heavy atom. The van der Waals surface area contributed by atoms with Crippen LogP contribution in [0.3, 0.4) is 0 Å². The van der Waals surface area contributed by atoms with Crippen molar-refractivity contribution in [2.75, 3.05) is 45.9 Å². The summed E-state index contributed by atoms with van der Waals surface area (Å²) in [5.74, 6) is 0.398. The van der Waals surface area contributed by atoms with Crippen molar-refractivity contribution in [3.63, 3.8) is 0 Å². The van der Waals surface area contributed by atoms with Crippen LogP contribution in [0.25, 0.3) is 0 Å². The van der Waals surface area contributed by atoms with Gasteiger partial charge in [-0.15, -0.1) is 0 Å². The van der Waals surface area contributed by atoms with Crippen molar-refractivity contribution in [2.24, 2.45) is 4.99 Å². The van der Waals surface area contributed by atoms with Crippen LogP contribution < -0.4 is 10.1 Å². The molecular formula is C19H28F3N5O. The number of pyridine rings is 1. The van der Waals surface area contributed by atoms with E-state index in [1.165, 1.54) is 38.2 Å². The van der Waals surface area contributed by atoms with Crippen LogP contribution in [-0.4, -0.2) is 72.7 Å². The van der Waals surface area contributed by atoms with Gasteiger partial charge in [-0.2, -0.15) is 13.2 Å². The fourth-order valence-corrected chi connectivity index (χ4v) is 3.78. The molecule has 9 heteroatoms. The first-order valence-electron chi connectivity index (χ1n) is 9.91. The van der Waals surface area contributed by atoms with Crippen molar-refractivity contribution >= 4 is 5.96 Å². The van der Waals surface area contributed by atoms with Gasteiger partial charge in [0.2, 0.25) is 5.88 Å². The molecule has 1 aromatic heterocycles. The normalized spacial score (nSPS) is 21.4. The van der Waals surface area contributed by atoms with E-state index < -0.39 is 17.6 Å². The number of guanidine groups is 1. The summed E-state index contributed by atoms with van der Waals surface area (Å²) in [7, 11) is 0. The number of nitrogens with one attached hydrogen (secondary N) is 1. The highest BCUT2D eigenvalue weighted by Crippen LogP contribution is 2.34. The molecule has 1 N–H and O–H groups in total. The topological polar surface area (TPSA) is 53.0 Å². The summed E-state index contributed by atoms with van der Waals surface area (Å²) in [5, 5.41) is 3.28. The third-order valence-corrected chi connectivity index (χ3v) is 5.12. The van der Waals surface area contributed by atoms with Gasteiger partial charge in [0.15, 0.2) is 5.96 Å². The van der Waals surface area contributed by atoms with Crippen molar-refractivity contribution in [3.8, 4) is 5.88 Å². The highest BCUT2D eigenvalue weighted by Gasteiger charge is 2.35. The first-order chi connectivity index (χ1) is 13.5. The molecule has 2 fully saturated rings. The Hall–Kier alpha value is -2.03. The molecular weight excluding hydrogens is 371 g/mol. The predicted octanol–water partition coefficient (Wildman–Crippen LogP) is 2.61. The van der Waals surface area contributed by atoms with E-state index in [-0.39, 0.29) is 13.2 Å². The monoisotopic (exact) mass is 399 g/mol. The number of aliphatic imine (C=N–C) groups is 1. The number of likely N-dealkylation sites (tertiary alicyclic amines) is 2. The van der Waals surface area contributed by atoms with Gasteiger partial charge < -0.3 is 15.0 Å². The lowest BCUT2D eigenvalue weighted by atomic mass is 10.2. The molecule has 2 aliphatic heterocycles. The molecule has 0 radical (unpaired) electrons. The highest BCUT2D eigenvalue weighted by molar-refractivity contribution is 5.80. The Morgan fingerprint density at radius 1 is 1.32 bits per heavy atom. The zero-order chi connectivity index (χ0) is 20.0. The molecule has 2 aliphatic rings. The number of rotatable bonds is 6. The van der Waals surface area contributed by atoms with E-state index in [2.05, 4.69) is 25.1 Å². The van der Waals surface area contributed by atoms with Gasteiger partial charge in [0.25, 0.3) is 0 Å². The van der Waals surface area contributed by atoms with Gasteiger partial charge in [0.05, 0.1) is 6.54 Å². The number of ether oxygens (including phenoxy) is 1. The average molecular weight is 399 g/mol. The maximum absolute atomic E-state index is 13.0. The summed E-state index contributed by atoms with van der Waals surface area (Å²) in [6.07, 6.45) is 0.469. The lowest BCUT2D eigenvalue weighted by Gasteiger charge is -2.25. The Labute approximate surface area is 163 Å². The average Bonchev–Trinajstić information content (AvgIpc) is 3.35. The van der Waals surface area contributed by atoms with E-state index in [1.807, 2.05) is 6.92 Å². The number of aromatic nitrogens is 1. The summed E-state index contributed by atoms with van der Waals surface area (Å²) in [6, 6.07) is 2.78. The van der Waals surface area contributed by atoms with E-state index in [9.17, 15) is 13.2 Å². The maximum Gasteiger partial charge on any atom is 0.421 e. The Morgan fingerprint density at radius 2 is 2.11 bits per heavy atom. The minimum Gasteiger partial charge on any atom is -0.475 e. The van der Waals surface area contributed by atoms with Crippen LogP contribution in [0.1, 0.15) is 31.7 Å². The lowest BCUT2D eigenvalue weighted by Crippen LogP contribution is -2.43. The molecule has 0 bridgehead atoms. The molecule has 0 spiro atoms. The molecule has 3 rings (SSSR count). The minimum absolute atomic E-state index is 0.0401. The van der Waals surface area contributed by atoms with Crippen molar-refractivity contribution < 1.29 is 17.9 Å². The summed E-state index contributed by atoms with van der Waals surface area (Å²) in [6.45, 7) is 7.26. The molecule has 1 atom stereocenters. The highest BCUT2D eigenvalue weighted by atomic mass is 19.4. The van der Waals surface area contributed by atoms with Crippen molar-refractivity contribution in [3.05, 3.63) is 23.9 Å². The van der Waals surface area contributed by atoms with E-state index in [0.29, 0.717) is 6.04 Å². The van der Waals surface area contributed by atoms with Gasteiger partial charge in [0, 0.05) is 31.9 Å². The van der Waals surface area contributed by atoms with E-state index in [0.717, 1.165) is 38.1 Å². The fourth-order valence-electron chi connectivity index (χ4n) is 3.78. The third-order valence-electron chi connectivity index (χ3n) is 5.12. The van der Waals surface area contributed by atoms with Gasteiger partial charge >= 0.3 is 6.18 Å². The van der Waals surface area contributed by atoms with E-state index in [4.69, 9.17) is 4.74 Å². The Balaban J connectivity index is 1.54. The number of hydrogen-bond donors (Lipinski definition) is 1. The molecule has 28 heavy (non-hydrogen) atoms. The van der Waals surface area contributed by atoms with Gasteiger partial charge in [-0.25, -0.2) is 9.98 Å². The molecule has 1 aromatic rings. The number of nitrogens with zero attached hydrogens (tertiary/aromatic N) is 4. The number of alkyl halides is 3.